The van der Waals surface area contributed by atoms with Crippen LogP contribution in [0, 0.1) is 16.0 Å². The summed E-state index contributed by atoms with van der Waals surface area (Å²) in [7, 11) is 0. The maximum atomic E-state index is 10.8. The first kappa shape index (κ1) is 13.1. The fourth-order valence-corrected chi connectivity index (χ4v) is 1.52. The van der Waals surface area contributed by atoms with Gasteiger partial charge >= 0.3 is 5.69 Å². The summed E-state index contributed by atoms with van der Waals surface area (Å²) in [5, 5.41) is 13.8. The van der Waals surface area contributed by atoms with Gasteiger partial charge in [0.25, 0.3) is 0 Å². The molecule has 7 nitrogen and oxygen atoms in total. The van der Waals surface area contributed by atoms with Gasteiger partial charge in [-0.3, -0.25) is 10.1 Å². The topological polar surface area (TPSA) is 107 Å². The van der Waals surface area contributed by atoms with Crippen LogP contribution in [0.15, 0.2) is 6.33 Å². The molecule has 3 N–H and O–H groups in total. The number of hydrogen-bond donors (Lipinski definition) is 2. The minimum Gasteiger partial charge on any atom is -0.378 e. The van der Waals surface area contributed by atoms with Gasteiger partial charge in [-0.25, -0.2) is 9.97 Å². The van der Waals surface area contributed by atoms with Crippen LogP contribution in [0.4, 0.5) is 17.3 Å². The van der Waals surface area contributed by atoms with Crippen LogP contribution < -0.4 is 11.1 Å². The Bertz CT molecular complexity index is 392. The molecule has 0 amide bonds. The lowest BCUT2D eigenvalue weighted by atomic mass is 10.0. The summed E-state index contributed by atoms with van der Waals surface area (Å²) in [6.45, 7) is 4.81. The number of nitrogens with zero attached hydrogens (tertiary/aromatic N) is 3. The Balaban J connectivity index is 2.84. The summed E-state index contributed by atoms with van der Waals surface area (Å²) in [5.74, 6) is 0.539. The van der Waals surface area contributed by atoms with Crippen molar-refractivity contribution in [2.24, 2.45) is 5.92 Å². The minimum atomic E-state index is -0.565. The Morgan fingerprint density at radius 2 is 2.12 bits per heavy atom. The van der Waals surface area contributed by atoms with Crippen LogP contribution in [0.1, 0.15) is 26.7 Å². The molecular formula is C10H17N5O2. The molecule has 0 spiro atoms. The van der Waals surface area contributed by atoms with E-state index in [2.05, 4.69) is 29.1 Å². The van der Waals surface area contributed by atoms with E-state index in [1.54, 1.807) is 0 Å². The van der Waals surface area contributed by atoms with Crippen LogP contribution in [0.3, 0.4) is 0 Å². The molecule has 0 atom stereocenters. The van der Waals surface area contributed by atoms with E-state index in [-0.39, 0.29) is 17.3 Å². The molecule has 7 heteroatoms. The van der Waals surface area contributed by atoms with Crippen molar-refractivity contribution in [3.8, 4) is 0 Å². The fourth-order valence-electron chi connectivity index (χ4n) is 1.52. The SMILES string of the molecule is CCC(CC)CNc1ncnc(N)c1[N+](=O)[O-]. The van der Waals surface area contributed by atoms with Gasteiger partial charge in [0.15, 0.2) is 0 Å². The predicted octanol–water partition coefficient (Wildman–Crippen LogP) is 1.82. The highest BCUT2D eigenvalue weighted by Crippen LogP contribution is 2.26. The minimum absolute atomic E-state index is 0.114. The molecule has 1 aromatic rings. The standard InChI is InChI=1S/C10H17N5O2/c1-3-7(4-2)5-12-10-8(15(16)17)9(11)13-6-14-10/h6-7H,3-5H2,1-2H3,(H3,11,12,13,14). The third kappa shape index (κ3) is 3.27. The molecule has 1 rings (SSSR count). The molecule has 94 valence electrons. The van der Waals surface area contributed by atoms with Gasteiger partial charge in [-0.15, -0.1) is 0 Å². The zero-order valence-corrected chi connectivity index (χ0v) is 10.0. The van der Waals surface area contributed by atoms with Gasteiger partial charge in [0.05, 0.1) is 4.92 Å². The highest BCUT2D eigenvalue weighted by molar-refractivity contribution is 5.67. The molecule has 0 saturated heterocycles. The summed E-state index contributed by atoms with van der Waals surface area (Å²) in [6, 6.07) is 0. The number of anilines is 2. The zero-order valence-electron chi connectivity index (χ0n) is 10.0. The molecule has 0 aliphatic heterocycles. The average Bonchev–Trinajstić information content (AvgIpc) is 2.29. The molecule has 1 heterocycles. The summed E-state index contributed by atoms with van der Waals surface area (Å²) in [5.41, 5.74) is 5.21. The Labute approximate surface area is 99.6 Å². The van der Waals surface area contributed by atoms with Gasteiger partial charge in [-0.05, 0) is 5.92 Å². The molecule has 0 unspecified atom stereocenters. The van der Waals surface area contributed by atoms with Crippen molar-refractivity contribution in [3.05, 3.63) is 16.4 Å². The Kier molecular flexibility index (Phi) is 4.62. The second kappa shape index (κ2) is 5.97. The van der Waals surface area contributed by atoms with Gasteiger partial charge < -0.3 is 11.1 Å². The van der Waals surface area contributed by atoms with Crippen molar-refractivity contribution in [2.45, 2.75) is 26.7 Å². The normalized spacial score (nSPS) is 10.5. The van der Waals surface area contributed by atoms with Gasteiger partial charge in [0.1, 0.15) is 6.33 Å². The molecule has 0 radical (unpaired) electrons. The Morgan fingerprint density at radius 1 is 1.47 bits per heavy atom. The number of nitrogens with one attached hydrogen (secondary N) is 1. The van der Waals surface area contributed by atoms with Crippen molar-refractivity contribution in [2.75, 3.05) is 17.6 Å². The maximum Gasteiger partial charge on any atom is 0.352 e. The number of aromatic nitrogens is 2. The summed E-state index contributed by atoms with van der Waals surface area (Å²) >= 11 is 0. The largest absolute Gasteiger partial charge is 0.378 e. The Morgan fingerprint density at radius 3 is 2.65 bits per heavy atom. The number of nitro groups is 1. The Hall–Kier alpha value is -1.92. The average molecular weight is 239 g/mol. The summed E-state index contributed by atoms with van der Waals surface area (Å²) in [6.07, 6.45) is 3.24. The number of nitrogens with two attached hydrogens (primary N) is 1. The van der Waals surface area contributed by atoms with Gasteiger partial charge in [-0.2, -0.15) is 0 Å². The van der Waals surface area contributed by atoms with Crippen LogP contribution in [0.25, 0.3) is 0 Å². The van der Waals surface area contributed by atoms with E-state index in [4.69, 9.17) is 5.73 Å². The fraction of sp³-hybridized carbons (Fsp3) is 0.600. The van der Waals surface area contributed by atoms with Gasteiger partial charge in [0.2, 0.25) is 11.6 Å². The predicted molar refractivity (Wildman–Crippen MR) is 65.7 cm³/mol. The molecule has 0 saturated carbocycles. The lowest BCUT2D eigenvalue weighted by molar-refractivity contribution is -0.383. The van der Waals surface area contributed by atoms with E-state index in [0.29, 0.717) is 12.5 Å². The second-order valence-electron chi connectivity index (χ2n) is 3.78. The van der Waals surface area contributed by atoms with Crippen LogP contribution in [0.2, 0.25) is 0 Å². The van der Waals surface area contributed by atoms with Crippen molar-refractivity contribution < 1.29 is 4.92 Å². The third-order valence-electron chi connectivity index (χ3n) is 2.75. The van der Waals surface area contributed by atoms with Crippen molar-refractivity contribution in [1.29, 1.82) is 0 Å². The smallest absolute Gasteiger partial charge is 0.352 e. The molecule has 17 heavy (non-hydrogen) atoms. The van der Waals surface area contributed by atoms with Crippen molar-refractivity contribution in [1.82, 2.24) is 9.97 Å². The molecule has 1 aromatic heterocycles. The summed E-state index contributed by atoms with van der Waals surface area (Å²) in [4.78, 5) is 17.7. The molecule has 0 fully saturated rings. The maximum absolute atomic E-state index is 10.8. The van der Waals surface area contributed by atoms with Crippen molar-refractivity contribution >= 4 is 17.3 Å². The quantitative estimate of drug-likeness (QED) is 0.579. The first-order chi connectivity index (χ1) is 8.10. The highest BCUT2D eigenvalue weighted by atomic mass is 16.6. The first-order valence-electron chi connectivity index (χ1n) is 5.58. The third-order valence-corrected chi connectivity index (χ3v) is 2.75. The van der Waals surface area contributed by atoms with Crippen LogP contribution in [0.5, 0.6) is 0 Å². The monoisotopic (exact) mass is 239 g/mol. The molecular weight excluding hydrogens is 222 g/mol. The van der Waals surface area contributed by atoms with E-state index < -0.39 is 4.92 Å². The summed E-state index contributed by atoms with van der Waals surface area (Å²) < 4.78 is 0. The number of hydrogen-bond acceptors (Lipinski definition) is 6. The van der Waals surface area contributed by atoms with Crippen molar-refractivity contribution in [3.63, 3.8) is 0 Å². The number of rotatable bonds is 6. The van der Waals surface area contributed by atoms with Crippen LogP contribution >= 0.6 is 0 Å². The second-order valence-corrected chi connectivity index (χ2v) is 3.78. The van der Waals surface area contributed by atoms with Crippen LogP contribution in [-0.4, -0.2) is 21.4 Å². The van der Waals surface area contributed by atoms with Gasteiger partial charge in [-0.1, -0.05) is 26.7 Å². The van der Waals surface area contributed by atoms with E-state index in [9.17, 15) is 10.1 Å². The van der Waals surface area contributed by atoms with Gasteiger partial charge in [0, 0.05) is 6.54 Å². The highest BCUT2D eigenvalue weighted by Gasteiger charge is 2.20. The molecule has 0 aliphatic carbocycles. The van der Waals surface area contributed by atoms with E-state index in [0.717, 1.165) is 12.8 Å². The van der Waals surface area contributed by atoms with E-state index >= 15 is 0 Å². The molecule has 0 aromatic carbocycles. The lowest BCUT2D eigenvalue weighted by Crippen LogP contribution is -2.15. The molecule has 0 aliphatic rings. The molecule has 0 bridgehead atoms. The van der Waals surface area contributed by atoms with E-state index in [1.165, 1.54) is 6.33 Å². The van der Waals surface area contributed by atoms with Crippen LogP contribution in [-0.2, 0) is 0 Å². The zero-order chi connectivity index (χ0) is 12.8. The first-order valence-corrected chi connectivity index (χ1v) is 5.58. The van der Waals surface area contributed by atoms with E-state index in [1.807, 2.05) is 0 Å². The number of nitrogen functional groups attached to an aromatic ring is 1. The lowest BCUT2D eigenvalue weighted by Gasteiger charge is -2.13.